The first kappa shape index (κ1) is 17.2. The SMILES string of the molecule is CCCCCCCO[C@@H]1S[C@H](CO)[C@@H](O)[C@H](O)[C@H]1O. The molecule has 0 aliphatic carbocycles. The molecule has 1 fully saturated rings. The number of aliphatic hydroxyl groups excluding tert-OH is 4. The molecule has 1 rings (SSSR count). The summed E-state index contributed by atoms with van der Waals surface area (Å²) in [6.07, 6.45) is 2.12. The van der Waals surface area contributed by atoms with E-state index >= 15 is 0 Å². The summed E-state index contributed by atoms with van der Waals surface area (Å²) in [7, 11) is 0. The lowest BCUT2D eigenvalue weighted by Gasteiger charge is -2.39. The summed E-state index contributed by atoms with van der Waals surface area (Å²) in [4.78, 5) is 0. The molecule has 5 nitrogen and oxygen atoms in total. The van der Waals surface area contributed by atoms with Gasteiger partial charge in [-0.1, -0.05) is 32.6 Å². The Morgan fingerprint density at radius 2 is 1.63 bits per heavy atom. The summed E-state index contributed by atoms with van der Waals surface area (Å²) < 4.78 is 5.56. The molecule has 0 unspecified atom stereocenters. The molecule has 1 aliphatic heterocycles. The Kier molecular flexibility index (Phi) is 8.29. The zero-order chi connectivity index (χ0) is 14.3. The van der Waals surface area contributed by atoms with Crippen LogP contribution in [0.2, 0.25) is 0 Å². The van der Waals surface area contributed by atoms with Gasteiger partial charge in [0.25, 0.3) is 0 Å². The minimum absolute atomic E-state index is 0.244. The van der Waals surface area contributed by atoms with Crippen molar-refractivity contribution >= 4 is 11.8 Å². The predicted molar refractivity (Wildman–Crippen MR) is 75.0 cm³/mol. The second kappa shape index (κ2) is 9.15. The van der Waals surface area contributed by atoms with Crippen LogP contribution in [-0.4, -0.2) is 62.6 Å². The van der Waals surface area contributed by atoms with Gasteiger partial charge in [0.05, 0.1) is 18.0 Å². The summed E-state index contributed by atoms with van der Waals surface area (Å²) >= 11 is 1.19. The molecule has 0 saturated carbocycles. The van der Waals surface area contributed by atoms with Gasteiger partial charge in [-0.25, -0.2) is 0 Å². The highest BCUT2D eigenvalue weighted by atomic mass is 32.2. The lowest BCUT2D eigenvalue weighted by molar-refractivity contribution is -0.109. The maximum Gasteiger partial charge on any atom is 0.132 e. The molecule has 0 amide bonds. The van der Waals surface area contributed by atoms with Crippen LogP contribution in [0.4, 0.5) is 0 Å². The molecule has 0 radical (unpaired) electrons. The minimum atomic E-state index is -1.26. The fourth-order valence-electron chi connectivity index (χ4n) is 2.11. The zero-order valence-electron chi connectivity index (χ0n) is 11.4. The van der Waals surface area contributed by atoms with Crippen molar-refractivity contribution in [1.29, 1.82) is 0 Å². The fraction of sp³-hybridized carbons (Fsp3) is 1.00. The third-order valence-electron chi connectivity index (χ3n) is 3.38. The Bertz CT molecular complexity index is 239. The normalized spacial score (nSPS) is 35.5. The molecule has 6 heteroatoms. The molecular weight excluding hydrogens is 268 g/mol. The van der Waals surface area contributed by atoms with Gasteiger partial charge in [-0.2, -0.15) is 0 Å². The third-order valence-corrected chi connectivity index (χ3v) is 4.84. The van der Waals surface area contributed by atoms with Crippen LogP contribution in [0.25, 0.3) is 0 Å². The lowest BCUT2D eigenvalue weighted by atomic mass is 10.0. The van der Waals surface area contributed by atoms with Crippen molar-refractivity contribution < 1.29 is 25.2 Å². The molecule has 4 N–H and O–H groups in total. The summed E-state index contributed by atoms with van der Waals surface area (Å²) in [6, 6.07) is 0. The highest BCUT2D eigenvalue weighted by Gasteiger charge is 2.43. The van der Waals surface area contributed by atoms with Crippen LogP contribution in [-0.2, 0) is 4.74 Å². The van der Waals surface area contributed by atoms with E-state index in [0.29, 0.717) is 6.61 Å². The van der Waals surface area contributed by atoms with Crippen LogP contribution in [0.15, 0.2) is 0 Å². The van der Waals surface area contributed by atoms with Crippen molar-refractivity contribution in [2.24, 2.45) is 0 Å². The number of unbranched alkanes of at least 4 members (excludes halogenated alkanes) is 4. The van der Waals surface area contributed by atoms with Gasteiger partial charge in [-0.05, 0) is 6.42 Å². The molecule has 0 spiro atoms. The van der Waals surface area contributed by atoms with Crippen molar-refractivity contribution in [2.75, 3.05) is 13.2 Å². The Balaban J connectivity index is 2.28. The molecule has 1 aliphatic rings. The van der Waals surface area contributed by atoms with Crippen molar-refractivity contribution in [3.63, 3.8) is 0 Å². The van der Waals surface area contributed by atoms with Crippen LogP contribution >= 0.6 is 11.8 Å². The van der Waals surface area contributed by atoms with E-state index in [-0.39, 0.29) is 6.61 Å². The number of ether oxygens (including phenoxy) is 1. The number of hydrogen-bond acceptors (Lipinski definition) is 6. The van der Waals surface area contributed by atoms with Crippen molar-refractivity contribution in [3.05, 3.63) is 0 Å². The van der Waals surface area contributed by atoms with Crippen LogP contribution in [0.3, 0.4) is 0 Å². The van der Waals surface area contributed by atoms with E-state index in [4.69, 9.17) is 9.84 Å². The molecule has 0 aromatic rings. The number of rotatable bonds is 8. The monoisotopic (exact) mass is 294 g/mol. The second-order valence-electron chi connectivity index (χ2n) is 4.98. The summed E-state index contributed by atoms with van der Waals surface area (Å²) in [5, 5.41) is 37.8. The smallest absolute Gasteiger partial charge is 0.132 e. The molecule has 5 atom stereocenters. The van der Waals surface area contributed by atoms with Crippen LogP contribution < -0.4 is 0 Å². The number of thioether (sulfide) groups is 1. The molecular formula is C13H26O5S. The maximum atomic E-state index is 9.82. The van der Waals surface area contributed by atoms with Crippen molar-refractivity contribution in [2.45, 2.75) is 68.0 Å². The summed E-state index contributed by atoms with van der Waals surface area (Å²) in [5.74, 6) is 0. The average molecular weight is 294 g/mol. The molecule has 1 heterocycles. The van der Waals surface area contributed by atoms with Gasteiger partial charge in [0, 0.05) is 6.61 Å². The molecule has 0 bridgehead atoms. The first-order valence-corrected chi connectivity index (χ1v) is 7.98. The van der Waals surface area contributed by atoms with Gasteiger partial charge in [0.15, 0.2) is 0 Å². The Morgan fingerprint density at radius 3 is 2.26 bits per heavy atom. The van der Waals surface area contributed by atoms with E-state index in [0.717, 1.165) is 12.8 Å². The van der Waals surface area contributed by atoms with E-state index in [1.807, 2.05) is 0 Å². The van der Waals surface area contributed by atoms with E-state index in [2.05, 4.69) is 6.92 Å². The topological polar surface area (TPSA) is 90.2 Å². The van der Waals surface area contributed by atoms with Gasteiger partial charge >= 0.3 is 0 Å². The van der Waals surface area contributed by atoms with Crippen molar-refractivity contribution in [1.82, 2.24) is 0 Å². The minimum Gasteiger partial charge on any atom is -0.395 e. The van der Waals surface area contributed by atoms with E-state index < -0.39 is 29.0 Å². The average Bonchev–Trinajstić information content (AvgIpc) is 2.42. The second-order valence-corrected chi connectivity index (χ2v) is 6.32. The largest absolute Gasteiger partial charge is 0.395 e. The quantitative estimate of drug-likeness (QED) is 0.487. The molecule has 114 valence electrons. The first-order chi connectivity index (χ1) is 9.11. The van der Waals surface area contributed by atoms with E-state index in [1.54, 1.807) is 0 Å². The Hall–Kier alpha value is 0.150. The van der Waals surface area contributed by atoms with Crippen LogP contribution in [0.5, 0.6) is 0 Å². The highest BCUT2D eigenvalue weighted by molar-refractivity contribution is 8.00. The molecule has 0 aromatic heterocycles. The van der Waals surface area contributed by atoms with E-state index in [9.17, 15) is 15.3 Å². The predicted octanol–water partition coefficient (Wildman–Crippen LogP) is 0.490. The van der Waals surface area contributed by atoms with Gasteiger partial charge in [-0.3, -0.25) is 0 Å². The third kappa shape index (κ3) is 5.21. The standard InChI is InChI=1S/C13H26O5S/c1-2-3-4-5-6-7-18-13-12(17)11(16)10(15)9(8-14)19-13/h9-17H,2-8H2,1H3/t9-,10-,11+,12-,13-/m1/s1. The highest BCUT2D eigenvalue weighted by Crippen LogP contribution is 2.33. The van der Waals surface area contributed by atoms with Gasteiger partial charge < -0.3 is 25.2 Å². The van der Waals surface area contributed by atoms with Gasteiger partial charge in [0.2, 0.25) is 0 Å². The molecule has 0 aromatic carbocycles. The van der Waals surface area contributed by atoms with Crippen LogP contribution in [0.1, 0.15) is 39.0 Å². The summed E-state index contributed by atoms with van der Waals surface area (Å²) in [6.45, 7) is 2.44. The zero-order valence-corrected chi connectivity index (χ0v) is 12.3. The maximum absolute atomic E-state index is 9.82. The number of hydrogen-bond donors (Lipinski definition) is 4. The van der Waals surface area contributed by atoms with Gasteiger partial charge in [0.1, 0.15) is 17.6 Å². The van der Waals surface area contributed by atoms with E-state index in [1.165, 1.54) is 31.0 Å². The summed E-state index contributed by atoms with van der Waals surface area (Å²) in [5.41, 5.74) is -0.582. The Labute approximate surface area is 119 Å². The molecule has 19 heavy (non-hydrogen) atoms. The first-order valence-electron chi connectivity index (χ1n) is 7.04. The molecule has 1 saturated heterocycles. The Morgan fingerprint density at radius 1 is 0.947 bits per heavy atom. The lowest BCUT2D eigenvalue weighted by Crippen LogP contribution is -2.54. The fourth-order valence-corrected chi connectivity index (χ4v) is 3.36. The number of aliphatic hydroxyl groups is 4. The van der Waals surface area contributed by atoms with Crippen molar-refractivity contribution in [3.8, 4) is 0 Å². The van der Waals surface area contributed by atoms with Crippen LogP contribution in [0, 0.1) is 0 Å². The van der Waals surface area contributed by atoms with Gasteiger partial charge in [-0.15, -0.1) is 11.8 Å².